The fourth-order valence-electron chi connectivity index (χ4n) is 6.99. The average molecular weight is 814 g/mol. The third kappa shape index (κ3) is 7.29. The van der Waals surface area contributed by atoms with Crippen LogP contribution < -0.4 is 30.8 Å². The monoisotopic (exact) mass is 812 g/mol. The second-order valence-electron chi connectivity index (χ2n) is 13.4. The predicted molar refractivity (Wildman–Crippen MR) is 219 cm³/mol. The van der Waals surface area contributed by atoms with Crippen molar-refractivity contribution in [3.05, 3.63) is 162 Å². The van der Waals surface area contributed by atoms with E-state index in [1.54, 1.807) is 36.4 Å². The van der Waals surface area contributed by atoms with Gasteiger partial charge in [0.05, 0.1) is 21.2 Å². The number of halogens is 2. The van der Waals surface area contributed by atoms with Crippen molar-refractivity contribution in [1.29, 1.82) is 0 Å². The molecule has 288 valence electrons. The van der Waals surface area contributed by atoms with Crippen LogP contribution in [0.4, 0.5) is 5.69 Å². The van der Waals surface area contributed by atoms with Crippen LogP contribution in [0.1, 0.15) is 37.4 Å². The molecule has 11 nitrogen and oxygen atoms in total. The minimum absolute atomic E-state index is 0.0153. The first-order valence-corrected chi connectivity index (χ1v) is 18.2. The largest absolute Gasteiger partial charge is 0.508 e. The van der Waals surface area contributed by atoms with Crippen molar-refractivity contribution in [2.45, 2.75) is 6.54 Å². The Hall–Kier alpha value is -7.17. The molecule has 0 atom stereocenters. The first kappa shape index (κ1) is 39.1. The van der Waals surface area contributed by atoms with E-state index in [0.717, 1.165) is 27.8 Å². The third-order valence-electron chi connectivity index (χ3n) is 9.56. The molecule has 0 bridgehead atoms. The number of phenolic OH excluding ortho intramolecular Hbond substituents is 1. The SMILES string of the molecule is C=c1ccc2c(c1)Oc1cc(N(C)C)ccc1C=2c1c(Cl)c(C(=O)NCc2cccc(-c3c4ccc(=O)cc-4oc4cc(O)ccc34)c2)cc(Cl)c1C(=O)O.O=C=O. The Morgan fingerprint density at radius 1 is 0.862 bits per heavy atom. The molecular weight excluding hydrogens is 783 g/mol. The molecule has 0 fully saturated rings. The number of carboxylic acids is 1. The van der Waals surface area contributed by atoms with E-state index in [-0.39, 0.29) is 50.6 Å². The summed E-state index contributed by atoms with van der Waals surface area (Å²) in [6.07, 6.45) is 0.250. The molecule has 3 N–H and O–H groups in total. The van der Waals surface area contributed by atoms with E-state index < -0.39 is 11.9 Å². The summed E-state index contributed by atoms with van der Waals surface area (Å²) >= 11 is 13.8. The molecule has 5 aromatic carbocycles. The third-order valence-corrected chi connectivity index (χ3v) is 10.2. The van der Waals surface area contributed by atoms with Crippen LogP contribution in [0.5, 0.6) is 17.2 Å². The highest BCUT2D eigenvalue weighted by atomic mass is 35.5. The number of carbonyl (C=O) groups excluding carboxylic acids is 3. The predicted octanol–water partition coefficient (Wildman–Crippen LogP) is 7.45. The summed E-state index contributed by atoms with van der Waals surface area (Å²) in [5.74, 6) is -0.597. The Morgan fingerprint density at radius 3 is 2.36 bits per heavy atom. The molecule has 5 aromatic rings. The minimum atomic E-state index is -1.32. The number of anilines is 1. The molecule has 8 rings (SSSR count). The van der Waals surface area contributed by atoms with Crippen molar-refractivity contribution in [3.8, 4) is 39.7 Å². The lowest BCUT2D eigenvalue weighted by Crippen LogP contribution is -2.25. The van der Waals surface area contributed by atoms with Gasteiger partial charge in [-0.2, -0.15) is 9.59 Å². The maximum absolute atomic E-state index is 14.0. The topological polar surface area (TPSA) is 163 Å². The first-order valence-electron chi connectivity index (χ1n) is 17.4. The zero-order valence-corrected chi connectivity index (χ0v) is 32.2. The lowest BCUT2D eigenvalue weighted by atomic mass is 9.88. The Balaban J connectivity index is 0.00000166. The van der Waals surface area contributed by atoms with E-state index in [1.807, 2.05) is 61.5 Å². The highest BCUT2D eigenvalue weighted by molar-refractivity contribution is 6.40. The second-order valence-corrected chi connectivity index (χ2v) is 14.2. The fraction of sp³-hybridized carbons (Fsp3) is 0.0667. The van der Waals surface area contributed by atoms with Crippen LogP contribution in [0.3, 0.4) is 0 Å². The van der Waals surface area contributed by atoms with Crippen molar-refractivity contribution in [3.63, 3.8) is 0 Å². The Labute approximate surface area is 339 Å². The number of nitrogens with one attached hydrogen (secondary N) is 1. The standard InChI is InChI=1S/C44H30Cl2N2O7.CO2/c1-22-7-11-30-34(15-22)54-35-17-25(48(2)3)8-12-31(35)39(30)41-40(44(52)53)33(45)20-32(42(41)46)43(51)47-21-23-5-4-6-24(16-23)38-28-13-9-26(49)18-36(28)55-37-19-27(50)10-14-29(37)38;2-1-3/h4-20,49H,1,21H2,2-3H3,(H,47,51)(H,52,53);. The number of hydrogen-bond donors (Lipinski definition) is 3. The Kier molecular flexibility index (Phi) is 10.6. The van der Waals surface area contributed by atoms with E-state index in [0.29, 0.717) is 50.0 Å². The van der Waals surface area contributed by atoms with Crippen molar-refractivity contribution in [1.82, 2.24) is 5.32 Å². The molecule has 13 heteroatoms. The normalized spacial score (nSPS) is 11.4. The molecule has 0 aromatic heterocycles. The number of aromatic carboxylic acids is 1. The summed E-state index contributed by atoms with van der Waals surface area (Å²) in [4.78, 5) is 57.3. The van der Waals surface area contributed by atoms with Crippen LogP contribution in [0, 0.1) is 0 Å². The van der Waals surface area contributed by atoms with Gasteiger partial charge in [0, 0.05) is 83.0 Å². The van der Waals surface area contributed by atoms with Crippen molar-refractivity contribution < 1.29 is 38.5 Å². The number of nitrogens with zero attached hydrogens (tertiary/aromatic N) is 1. The van der Waals surface area contributed by atoms with Crippen LogP contribution in [-0.4, -0.2) is 42.3 Å². The Morgan fingerprint density at radius 2 is 1.62 bits per heavy atom. The smallest absolute Gasteiger partial charge is 0.373 e. The van der Waals surface area contributed by atoms with E-state index in [9.17, 15) is 24.6 Å². The summed E-state index contributed by atoms with van der Waals surface area (Å²) in [7, 11) is 3.79. The molecule has 0 spiro atoms. The zero-order chi connectivity index (χ0) is 41.4. The molecule has 0 unspecified atom stereocenters. The van der Waals surface area contributed by atoms with Gasteiger partial charge in [0.1, 0.15) is 28.6 Å². The van der Waals surface area contributed by atoms with E-state index in [1.165, 1.54) is 24.3 Å². The van der Waals surface area contributed by atoms with Gasteiger partial charge in [-0.1, -0.05) is 60.1 Å². The number of amides is 1. The second kappa shape index (κ2) is 15.8. The van der Waals surface area contributed by atoms with E-state index in [4.69, 9.17) is 41.9 Å². The molecule has 0 saturated heterocycles. The number of ether oxygens (including phenoxy) is 1. The van der Waals surface area contributed by atoms with Gasteiger partial charge >= 0.3 is 12.1 Å². The molecule has 3 aliphatic rings. The number of benzene rings is 6. The number of carbonyl (C=O) groups is 2. The van der Waals surface area contributed by atoms with Crippen LogP contribution in [0.15, 0.2) is 112 Å². The first-order chi connectivity index (χ1) is 27.8. The number of carboxylic acid groups (broad SMARTS) is 1. The number of aromatic hydroxyl groups is 1. The molecule has 58 heavy (non-hydrogen) atoms. The van der Waals surface area contributed by atoms with Gasteiger partial charge in [0.15, 0.2) is 5.43 Å². The van der Waals surface area contributed by atoms with Crippen molar-refractivity contribution in [2.75, 3.05) is 19.0 Å². The molecule has 0 saturated carbocycles. The van der Waals surface area contributed by atoms with Crippen molar-refractivity contribution in [2.24, 2.45) is 0 Å². The molecule has 1 amide bonds. The number of phenols is 1. The highest BCUT2D eigenvalue weighted by Gasteiger charge is 2.31. The maximum atomic E-state index is 14.0. The molecular formula is C45H30Cl2N2O9. The summed E-state index contributed by atoms with van der Waals surface area (Å²) in [6, 6.07) is 29.0. The average Bonchev–Trinajstić information content (AvgIpc) is 3.18. The van der Waals surface area contributed by atoms with Gasteiger partial charge in [0.25, 0.3) is 5.91 Å². The molecule has 1 aliphatic carbocycles. The lowest BCUT2D eigenvalue weighted by molar-refractivity contribution is -0.191. The molecule has 2 heterocycles. The van der Waals surface area contributed by atoms with E-state index >= 15 is 0 Å². The Bertz CT molecular complexity index is 3020. The van der Waals surface area contributed by atoms with Crippen molar-refractivity contribution >= 4 is 70.0 Å². The zero-order valence-electron chi connectivity index (χ0n) is 30.7. The number of fused-ring (bicyclic) bond motifs is 4. The van der Waals surface area contributed by atoms with E-state index in [2.05, 4.69) is 11.9 Å². The molecule has 2 aliphatic heterocycles. The lowest BCUT2D eigenvalue weighted by Gasteiger charge is -2.25. The molecule has 0 radical (unpaired) electrons. The van der Waals surface area contributed by atoms with Crippen LogP contribution >= 0.6 is 23.2 Å². The van der Waals surface area contributed by atoms with Crippen LogP contribution in [0.2, 0.25) is 10.0 Å². The maximum Gasteiger partial charge on any atom is 0.373 e. The van der Waals surface area contributed by atoms with Gasteiger partial charge in [0.2, 0.25) is 0 Å². The van der Waals surface area contributed by atoms with Gasteiger partial charge < -0.3 is 29.6 Å². The number of rotatable bonds is 7. The summed E-state index contributed by atoms with van der Waals surface area (Å²) in [5.41, 5.74) is 4.86. The van der Waals surface area contributed by atoms with Crippen LogP contribution in [0.25, 0.3) is 45.6 Å². The van der Waals surface area contributed by atoms with Crippen LogP contribution in [-0.2, 0) is 16.1 Å². The van der Waals surface area contributed by atoms with Gasteiger partial charge in [-0.25, -0.2) is 4.79 Å². The number of hydrogen-bond acceptors (Lipinski definition) is 9. The highest BCUT2D eigenvalue weighted by Crippen LogP contribution is 2.44. The minimum Gasteiger partial charge on any atom is -0.508 e. The van der Waals surface area contributed by atoms with Gasteiger partial charge in [-0.05, 0) is 70.9 Å². The van der Waals surface area contributed by atoms with Gasteiger partial charge in [-0.15, -0.1) is 0 Å². The summed E-state index contributed by atoms with van der Waals surface area (Å²) in [5, 5.41) is 25.3. The summed E-state index contributed by atoms with van der Waals surface area (Å²) in [6.45, 7) is 4.10. The van der Waals surface area contributed by atoms with Gasteiger partial charge in [-0.3, -0.25) is 9.59 Å². The summed E-state index contributed by atoms with van der Waals surface area (Å²) < 4.78 is 12.3. The quantitative estimate of drug-likeness (QED) is 0.138. The fourth-order valence-corrected chi connectivity index (χ4v) is 7.60.